The summed E-state index contributed by atoms with van der Waals surface area (Å²) in [7, 11) is 0. The summed E-state index contributed by atoms with van der Waals surface area (Å²) >= 11 is 13.4. The maximum Gasteiger partial charge on any atom is 0.0862 e. The van der Waals surface area contributed by atoms with Gasteiger partial charge in [0.2, 0.25) is 0 Å². The Hall–Kier alpha value is 1.36. The van der Waals surface area contributed by atoms with Crippen molar-refractivity contribution in [3.63, 3.8) is 0 Å². The molecule has 0 unspecified atom stereocenters. The van der Waals surface area contributed by atoms with E-state index in [9.17, 15) is 0 Å². The molecule has 0 N–H and O–H groups in total. The summed E-state index contributed by atoms with van der Waals surface area (Å²) in [5.74, 6) is 2.41. The molecule has 0 aromatic carbocycles. The smallest absolute Gasteiger partial charge is 0.0862 e. The lowest BCUT2D eigenvalue weighted by Crippen LogP contribution is -1.86. The second kappa shape index (κ2) is 12.4. The molecule has 0 rings (SSSR count). The molecule has 0 aliphatic carbocycles. The fraction of sp³-hybridized carbons (Fsp3) is 1.00. The molecule has 0 heterocycles. The Labute approximate surface area is 104 Å². The quantitative estimate of drug-likeness (QED) is 0.355. The van der Waals surface area contributed by atoms with Crippen molar-refractivity contribution in [3.8, 4) is 0 Å². The molecule has 4 heteroatoms. The molecule has 0 spiro atoms. The van der Waals surface area contributed by atoms with Gasteiger partial charge in [0.25, 0.3) is 0 Å². The molecule has 0 saturated heterocycles. The third-order valence-electron chi connectivity index (χ3n) is 2.05. The van der Waals surface area contributed by atoms with E-state index in [2.05, 4.69) is 6.92 Å². The Kier molecular flexibility index (Phi) is 13.6. The number of thioether (sulfide) groups is 1. The van der Waals surface area contributed by atoms with Crippen molar-refractivity contribution in [2.24, 2.45) is 0 Å². The van der Waals surface area contributed by atoms with Crippen molar-refractivity contribution in [2.45, 2.75) is 45.4 Å². The van der Waals surface area contributed by atoms with E-state index in [0.29, 0.717) is 0 Å². The molecule has 0 atom stereocenters. The molecule has 0 bridgehead atoms. The lowest BCUT2D eigenvalue weighted by molar-refractivity contribution is 0.627. The van der Waals surface area contributed by atoms with Gasteiger partial charge in [-0.3, -0.25) is 0 Å². The number of hydrogen-bond acceptors (Lipinski definition) is 1. The van der Waals surface area contributed by atoms with Gasteiger partial charge >= 0.3 is 0 Å². The Balaban J connectivity index is 2.85. The molecular weight excluding hydrogens is 254 g/mol. The number of hydrogen-bond donors (Lipinski definition) is 0. The fourth-order valence-electron chi connectivity index (χ4n) is 1.22. The predicted octanol–water partition coefficient (Wildman–Crippen LogP) is 5.87. The highest BCUT2D eigenvalue weighted by atomic mass is 35.9. The Morgan fingerprint density at radius 2 is 1.57 bits per heavy atom. The first kappa shape index (κ1) is 15.4. The maximum atomic E-state index is 5.69. The van der Waals surface area contributed by atoms with E-state index in [0.717, 1.165) is 11.9 Å². The van der Waals surface area contributed by atoms with E-state index >= 15 is 0 Å². The van der Waals surface area contributed by atoms with Crippen LogP contribution in [0.5, 0.6) is 0 Å². The standard InChI is InChI=1S/C10H21Cl2PS/c1-2-3-4-5-6-7-9-14-10-8-13(11)12/h2-10H2,1H3. The van der Waals surface area contributed by atoms with Crippen molar-refractivity contribution in [2.75, 3.05) is 17.7 Å². The second-order valence-electron chi connectivity index (χ2n) is 3.41. The van der Waals surface area contributed by atoms with Gasteiger partial charge in [-0.15, -0.1) is 0 Å². The Morgan fingerprint density at radius 3 is 2.21 bits per heavy atom. The summed E-state index contributed by atoms with van der Waals surface area (Å²) in [4.78, 5) is 0. The highest BCUT2D eigenvalue weighted by Crippen LogP contribution is 2.46. The Morgan fingerprint density at radius 1 is 0.929 bits per heavy atom. The molecule has 14 heavy (non-hydrogen) atoms. The van der Waals surface area contributed by atoms with Gasteiger partial charge in [-0.05, 0) is 17.9 Å². The minimum atomic E-state index is -0.709. The minimum Gasteiger partial charge on any atom is -0.162 e. The third-order valence-corrected chi connectivity index (χ3v) is 5.00. The summed E-state index contributed by atoms with van der Waals surface area (Å²) in [6.07, 6.45) is 9.29. The van der Waals surface area contributed by atoms with Crippen LogP contribution in [0.3, 0.4) is 0 Å². The van der Waals surface area contributed by atoms with Crippen molar-refractivity contribution in [1.82, 2.24) is 0 Å². The van der Waals surface area contributed by atoms with Gasteiger partial charge in [0.05, 0.1) is 6.63 Å². The lowest BCUT2D eigenvalue weighted by atomic mass is 10.1. The Bertz CT molecular complexity index is 112. The summed E-state index contributed by atoms with van der Waals surface area (Å²) < 4.78 is 0. The molecule has 0 amide bonds. The summed E-state index contributed by atoms with van der Waals surface area (Å²) in [6, 6.07) is 0. The van der Waals surface area contributed by atoms with Gasteiger partial charge in [-0.25, -0.2) is 0 Å². The SMILES string of the molecule is CCCCCCCCSCCP(Cl)Cl. The van der Waals surface area contributed by atoms with Crippen LogP contribution in [-0.2, 0) is 0 Å². The molecule has 0 aromatic rings. The lowest BCUT2D eigenvalue weighted by Gasteiger charge is -2.02. The molecule has 0 saturated carbocycles. The van der Waals surface area contributed by atoms with Crippen molar-refractivity contribution in [3.05, 3.63) is 0 Å². The van der Waals surface area contributed by atoms with Crippen LogP contribution in [0.15, 0.2) is 0 Å². The van der Waals surface area contributed by atoms with E-state index in [1.165, 1.54) is 44.3 Å². The van der Waals surface area contributed by atoms with E-state index in [1.807, 2.05) is 11.8 Å². The normalized spacial score (nSPS) is 11.1. The second-order valence-corrected chi connectivity index (χ2v) is 8.65. The van der Waals surface area contributed by atoms with Gasteiger partial charge in [-0.1, -0.05) is 61.5 Å². The molecule has 86 valence electrons. The van der Waals surface area contributed by atoms with Crippen LogP contribution in [0, 0.1) is 0 Å². The largest absolute Gasteiger partial charge is 0.162 e. The fourth-order valence-corrected chi connectivity index (χ4v) is 4.14. The summed E-state index contributed by atoms with van der Waals surface area (Å²) in [5.41, 5.74) is 0. The molecule has 0 nitrogen and oxygen atoms in total. The van der Waals surface area contributed by atoms with Gasteiger partial charge in [0.15, 0.2) is 0 Å². The zero-order chi connectivity index (χ0) is 10.6. The van der Waals surface area contributed by atoms with Crippen molar-refractivity contribution >= 4 is 40.9 Å². The van der Waals surface area contributed by atoms with Crippen LogP contribution < -0.4 is 0 Å². The highest BCUT2D eigenvalue weighted by molar-refractivity contribution is 8.05. The van der Waals surface area contributed by atoms with Crippen molar-refractivity contribution < 1.29 is 0 Å². The van der Waals surface area contributed by atoms with Crippen LogP contribution in [0.4, 0.5) is 0 Å². The first-order chi connectivity index (χ1) is 6.77. The molecular formula is C10H21Cl2PS. The first-order valence-corrected chi connectivity index (χ1v) is 9.93. The minimum absolute atomic E-state index is 0.709. The zero-order valence-electron chi connectivity index (χ0n) is 8.98. The average molecular weight is 275 g/mol. The predicted molar refractivity (Wildman–Crippen MR) is 74.2 cm³/mol. The molecule has 0 fully saturated rings. The summed E-state index contributed by atoms with van der Waals surface area (Å²) in [6.45, 7) is 1.55. The van der Waals surface area contributed by atoms with E-state index in [1.54, 1.807) is 0 Å². The van der Waals surface area contributed by atoms with Gasteiger partial charge in [-0.2, -0.15) is 11.8 Å². The van der Waals surface area contributed by atoms with Crippen LogP contribution in [-0.4, -0.2) is 17.7 Å². The molecule has 0 aromatic heterocycles. The highest BCUT2D eigenvalue weighted by Gasteiger charge is 1.98. The molecule has 0 aliphatic heterocycles. The third kappa shape index (κ3) is 13.4. The monoisotopic (exact) mass is 274 g/mol. The number of rotatable bonds is 10. The number of unbranched alkanes of at least 4 members (excludes halogenated alkanes) is 5. The molecule has 0 radical (unpaired) electrons. The van der Waals surface area contributed by atoms with E-state index < -0.39 is 6.63 Å². The van der Waals surface area contributed by atoms with Gasteiger partial charge in [0, 0.05) is 6.16 Å². The van der Waals surface area contributed by atoms with E-state index in [4.69, 9.17) is 22.5 Å². The zero-order valence-corrected chi connectivity index (χ0v) is 12.2. The van der Waals surface area contributed by atoms with Crippen LogP contribution in [0.1, 0.15) is 45.4 Å². The van der Waals surface area contributed by atoms with Crippen LogP contribution in [0.25, 0.3) is 0 Å². The topological polar surface area (TPSA) is 0 Å². The number of halogens is 2. The van der Waals surface area contributed by atoms with Gasteiger partial charge < -0.3 is 0 Å². The first-order valence-electron chi connectivity index (χ1n) is 5.44. The summed E-state index contributed by atoms with van der Waals surface area (Å²) in [5, 5.41) is 0. The average Bonchev–Trinajstić information content (AvgIpc) is 2.15. The maximum absolute atomic E-state index is 5.69. The molecule has 0 aliphatic rings. The van der Waals surface area contributed by atoms with E-state index in [-0.39, 0.29) is 0 Å². The van der Waals surface area contributed by atoms with Crippen LogP contribution >= 0.6 is 40.9 Å². The van der Waals surface area contributed by atoms with Crippen molar-refractivity contribution in [1.29, 1.82) is 0 Å². The van der Waals surface area contributed by atoms with Gasteiger partial charge in [0.1, 0.15) is 0 Å². The van der Waals surface area contributed by atoms with Crippen LogP contribution in [0.2, 0.25) is 0 Å².